The predicted octanol–water partition coefficient (Wildman–Crippen LogP) is 4.33. The van der Waals surface area contributed by atoms with Gasteiger partial charge < -0.3 is 9.72 Å². The van der Waals surface area contributed by atoms with Crippen molar-refractivity contribution in [1.82, 2.24) is 20.3 Å². The van der Waals surface area contributed by atoms with Gasteiger partial charge in [-0.3, -0.25) is 14.6 Å². The van der Waals surface area contributed by atoms with Gasteiger partial charge in [-0.15, -0.1) is 0 Å². The molecule has 0 bridgehead atoms. The number of carbonyl (C=O) groups excluding carboxylic acids is 1. The number of nitrogens with zero attached hydrogens (tertiary/aromatic N) is 3. The summed E-state index contributed by atoms with van der Waals surface area (Å²) in [6.45, 7) is 0.709. The lowest BCUT2D eigenvalue weighted by molar-refractivity contribution is -0.109. The SMILES string of the molecule is CC.O=C(c1cc(/C=C/c2nc3cnccc3c(=O)[nH]2)ccc1OC(F)F)N(F)F. The lowest BCUT2D eigenvalue weighted by Crippen LogP contribution is -2.16. The summed E-state index contributed by atoms with van der Waals surface area (Å²) in [6.07, 6.45) is 5.54. The third-order valence-electron chi connectivity index (χ3n) is 3.56. The fourth-order valence-corrected chi connectivity index (χ4v) is 2.37. The number of H-pyrrole nitrogens is 1. The van der Waals surface area contributed by atoms with Crippen LogP contribution in [0.5, 0.6) is 5.75 Å². The molecule has 30 heavy (non-hydrogen) atoms. The van der Waals surface area contributed by atoms with Crippen molar-refractivity contribution in [2.75, 3.05) is 0 Å². The molecule has 7 nitrogen and oxygen atoms in total. The Morgan fingerprint density at radius 2 is 1.93 bits per heavy atom. The summed E-state index contributed by atoms with van der Waals surface area (Å²) in [5, 5.41) is -1.41. The highest BCUT2D eigenvalue weighted by molar-refractivity contribution is 5.96. The number of benzene rings is 1. The molecule has 0 atom stereocenters. The molecule has 0 aliphatic rings. The first-order valence-electron chi connectivity index (χ1n) is 8.62. The zero-order valence-electron chi connectivity index (χ0n) is 15.8. The quantitative estimate of drug-likeness (QED) is 0.487. The number of ether oxygens (including phenoxy) is 1. The number of fused-ring (bicyclic) bond motifs is 1. The molecule has 1 aromatic carbocycles. The van der Waals surface area contributed by atoms with Gasteiger partial charge in [0.05, 0.1) is 22.7 Å². The Morgan fingerprint density at radius 3 is 2.60 bits per heavy atom. The van der Waals surface area contributed by atoms with E-state index in [0.717, 1.165) is 12.1 Å². The largest absolute Gasteiger partial charge is 0.434 e. The number of aromatic amines is 1. The number of pyridine rings is 1. The Labute approximate surface area is 167 Å². The molecule has 11 heteroatoms. The molecule has 0 fully saturated rings. The van der Waals surface area contributed by atoms with Crippen molar-refractivity contribution >= 4 is 29.0 Å². The molecule has 0 unspecified atom stereocenters. The molecule has 2 heterocycles. The Kier molecular flexibility index (Phi) is 7.62. The van der Waals surface area contributed by atoms with E-state index < -0.39 is 34.7 Å². The summed E-state index contributed by atoms with van der Waals surface area (Å²) < 4.78 is 54.1. The first kappa shape index (κ1) is 22.5. The summed E-state index contributed by atoms with van der Waals surface area (Å²) in [4.78, 5) is 34.1. The second-order valence-electron chi connectivity index (χ2n) is 5.35. The van der Waals surface area contributed by atoms with E-state index >= 15 is 0 Å². The summed E-state index contributed by atoms with van der Waals surface area (Å²) in [5.74, 6) is -2.36. The van der Waals surface area contributed by atoms with Crippen LogP contribution in [0.4, 0.5) is 17.7 Å². The van der Waals surface area contributed by atoms with Crippen molar-refractivity contribution in [3.05, 3.63) is 64.0 Å². The minimum Gasteiger partial charge on any atom is -0.434 e. The predicted molar refractivity (Wildman–Crippen MR) is 102 cm³/mol. The third-order valence-corrected chi connectivity index (χ3v) is 3.56. The highest BCUT2D eigenvalue weighted by Gasteiger charge is 2.22. The maximum Gasteiger partial charge on any atom is 0.387 e. The average Bonchev–Trinajstić information content (AvgIpc) is 2.73. The Bertz CT molecular complexity index is 1120. The zero-order valence-corrected chi connectivity index (χ0v) is 15.8. The second-order valence-corrected chi connectivity index (χ2v) is 5.35. The van der Waals surface area contributed by atoms with Gasteiger partial charge >= 0.3 is 12.5 Å². The zero-order chi connectivity index (χ0) is 22.3. The number of rotatable bonds is 5. The van der Waals surface area contributed by atoms with E-state index in [0.29, 0.717) is 10.9 Å². The van der Waals surface area contributed by atoms with Gasteiger partial charge in [0.15, 0.2) is 0 Å². The highest BCUT2D eigenvalue weighted by atomic mass is 19.4. The number of hydrogen-bond donors (Lipinski definition) is 1. The molecular formula is C19H16F4N4O3. The van der Waals surface area contributed by atoms with E-state index in [1.54, 1.807) is 0 Å². The second kappa shape index (κ2) is 10.1. The van der Waals surface area contributed by atoms with Gasteiger partial charge in [-0.1, -0.05) is 35.0 Å². The van der Waals surface area contributed by atoms with Crippen LogP contribution in [0.25, 0.3) is 23.1 Å². The fourth-order valence-electron chi connectivity index (χ4n) is 2.37. The van der Waals surface area contributed by atoms with Crippen LogP contribution in [0.1, 0.15) is 35.6 Å². The minimum absolute atomic E-state index is 0.142. The maximum absolute atomic E-state index is 12.6. The van der Waals surface area contributed by atoms with Gasteiger partial charge in [0, 0.05) is 11.5 Å². The molecule has 0 saturated carbocycles. The molecular weight excluding hydrogens is 408 g/mol. The van der Waals surface area contributed by atoms with Gasteiger partial charge in [0.2, 0.25) is 0 Å². The van der Waals surface area contributed by atoms with Crippen LogP contribution in [-0.4, -0.2) is 32.8 Å². The van der Waals surface area contributed by atoms with E-state index in [1.807, 2.05) is 13.8 Å². The molecule has 0 aliphatic carbocycles. The standard InChI is InChI=1S/C17H10F4N4O3.C2H6/c18-17(19)28-13-3-1-9(7-11(13)16(27)25(20)21)2-4-14-23-12-8-22-6-5-10(12)15(26)24-14;1-2/h1-8,17H,(H,23,24,26);1-2H3/b4-2+;. The Hall–Kier alpha value is -3.76. The van der Waals surface area contributed by atoms with Crippen LogP contribution in [0, 0.1) is 0 Å². The van der Waals surface area contributed by atoms with Crippen LogP contribution in [0.3, 0.4) is 0 Å². The molecule has 0 radical (unpaired) electrons. The topological polar surface area (TPSA) is 88.2 Å². The summed E-state index contributed by atoms with van der Waals surface area (Å²) in [5.41, 5.74) is -0.612. The number of aromatic nitrogens is 3. The first-order chi connectivity index (χ1) is 14.3. The number of halogens is 4. The minimum atomic E-state index is -3.29. The average molecular weight is 424 g/mol. The van der Waals surface area contributed by atoms with E-state index in [-0.39, 0.29) is 11.4 Å². The van der Waals surface area contributed by atoms with Crippen LogP contribution >= 0.6 is 0 Å². The first-order valence-corrected chi connectivity index (χ1v) is 8.62. The molecule has 0 saturated heterocycles. The molecule has 158 valence electrons. The molecule has 1 N–H and O–H groups in total. The van der Waals surface area contributed by atoms with Crippen molar-refractivity contribution in [2.45, 2.75) is 20.5 Å². The van der Waals surface area contributed by atoms with Gasteiger partial charge in [0.25, 0.3) is 5.56 Å². The number of amides is 1. The van der Waals surface area contributed by atoms with Crippen molar-refractivity contribution in [1.29, 1.82) is 0 Å². The van der Waals surface area contributed by atoms with Gasteiger partial charge in [-0.2, -0.15) is 8.78 Å². The van der Waals surface area contributed by atoms with Crippen molar-refractivity contribution in [3.63, 3.8) is 0 Å². The van der Waals surface area contributed by atoms with Gasteiger partial charge in [-0.05, 0) is 29.8 Å². The van der Waals surface area contributed by atoms with Crippen LogP contribution in [-0.2, 0) is 0 Å². The van der Waals surface area contributed by atoms with Crippen molar-refractivity contribution in [3.8, 4) is 5.75 Å². The van der Waals surface area contributed by atoms with Gasteiger partial charge in [-0.25, -0.2) is 4.98 Å². The summed E-state index contributed by atoms with van der Waals surface area (Å²) in [6, 6.07) is 4.67. The number of carbonyl (C=O) groups is 1. The number of alkyl halides is 2. The normalized spacial score (nSPS) is 10.8. The van der Waals surface area contributed by atoms with E-state index in [1.165, 1.54) is 36.7 Å². The van der Waals surface area contributed by atoms with Crippen molar-refractivity contribution < 1.29 is 27.3 Å². The van der Waals surface area contributed by atoms with Crippen LogP contribution in [0.15, 0.2) is 41.5 Å². The Balaban J connectivity index is 0.00000155. The summed E-state index contributed by atoms with van der Waals surface area (Å²) >= 11 is 0. The van der Waals surface area contributed by atoms with E-state index in [2.05, 4.69) is 19.7 Å². The summed E-state index contributed by atoms with van der Waals surface area (Å²) in [7, 11) is 0. The number of nitrogens with one attached hydrogen (secondary N) is 1. The lowest BCUT2D eigenvalue weighted by atomic mass is 10.1. The molecule has 0 spiro atoms. The lowest BCUT2D eigenvalue weighted by Gasteiger charge is -2.10. The Morgan fingerprint density at radius 1 is 1.20 bits per heavy atom. The van der Waals surface area contributed by atoms with E-state index in [9.17, 15) is 27.3 Å². The van der Waals surface area contributed by atoms with Crippen LogP contribution in [0.2, 0.25) is 0 Å². The number of hydrogen-bond acceptors (Lipinski definition) is 5. The fraction of sp³-hybridized carbons (Fsp3) is 0.158. The van der Waals surface area contributed by atoms with Crippen molar-refractivity contribution in [2.24, 2.45) is 0 Å². The molecule has 3 aromatic rings. The molecule has 1 amide bonds. The molecule has 0 aliphatic heterocycles. The molecule has 2 aromatic heterocycles. The van der Waals surface area contributed by atoms with E-state index in [4.69, 9.17) is 0 Å². The monoisotopic (exact) mass is 424 g/mol. The molecule has 3 rings (SSSR count). The van der Waals surface area contributed by atoms with Crippen LogP contribution < -0.4 is 10.3 Å². The maximum atomic E-state index is 12.6. The van der Waals surface area contributed by atoms with Gasteiger partial charge in [0.1, 0.15) is 11.6 Å². The smallest absolute Gasteiger partial charge is 0.387 e. The highest BCUT2D eigenvalue weighted by Crippen LogP contribution is 2.25. The third kappa shape index (κ3) is 5.40.